The van der Waals surface area contributed by atoms with E-state index in [1.54, 1.807) is 24.3 Å². The Hall–Kier alpha value is -1.06. The number of hydrogen-bond acceptors (Lipinski definition) is 3. The molecule has 0 amide bonds. The molecular weight excluding hydrogens is 214 g/mol. The van der Waals surface area contributed by atoms with Crippen LogP contribution in [0.15, 0.2) is 24.3 Å². The molecule has 2 N–H and O–H groups in total. The lowest BCUT2D eigenvalue weighted by Crippen LogP contribution is -2.40. The highest BCUT2D eigenvalue weighted by Gasteiger charge is 2.24. The Balaban J connectivity index is 2.02. The highest BCUT2D eigenvalue weighted by molar-refractivity contribution is 5.27. The number of likely N-dealkylation sites (tertiary alicyclic amines) is 1. The van der Waals surface area contributed by atoms with Crippen molar-refractivity contribution in [3.63, 3.8) is 0 Å². The van der Waals surface area contributed by atoms with Gasteiger partial charge in [0.2, 0.25) is 0 Å². The van der Waals surface area contributed by atoms with E-state index in [2.05, 4.69) is 11.8 Å². The summed E-state index contributed by atoms with van der Waals surface area (Å²) in [7, 11) is 0. The number of phenols is 1. The molecule has 1 heterocycles. The van der Waals surface area contributed by atoms with Crippen LogP contribution in [-0.4, -0.2) is 34.2 Å². The molecule has 0 aliphatic carbocycles. The summed E-state index contributed by atoms with van der Waals surface area (Å²) in [6, 6.07) is 6.98. The number of phenolic OH excluding ortho intramolecular Hbond substituents is 1. The van der Waals surface area contributed by atoms with Gasteiger partial charge in [-0.05, 0) is 50.6 Å². The fourth-order valence-electron chi connectivity index (χ4n) is 2.48. The number of hydrogen-bond donors (Lipinski definition) is 2. The Kier molecular flexibility index (Phi) is 4.02. The second kappa shape index (κ2) is 5.52. The van der Waals surface area contributed by atoms with Crippen LogP contribution in [0, 0.1) is 0 Å². The van der Waals surface area contributed by atoms with Crippen LogP contribution < -0.4 is 0 Å². The van der Waals surface area contributed by atoms with Gasteiger partial charge in [-0.15, -0.1) is 0 Å². The largest absolute Gasteiger partial charge is 0.508 e. The van der Waals surface area contributed by atoms with Gasteiger partial charge in [-0.2, -0.15) is 0 Å². The molecule has 0 radical (unpaired) electrons. The van der Waals surface area contributed by atoms with Crippen LogP contribution in [0.25, 0.3) is 0 Å². The lowest BCUT2D eigenvalue weighted by molar-refractivity contribution is 0.0471. The second-order valence-electron chi connectivity index (χ2n) is 4.87. The SMILES string of the molecule is C[C@@H]([C@H](O)c1ccc(O)cc1)N1CCCCC1. The predicted molar refractivity (Wildman–Crippen MR) is 68.0 cm³/mol. The molecule has 1 aliphatic rings. The summed E-state index contributed by atoms with van der Waals surface area (Å²) in [5.74, 6) is 0.242. The van der Waals surface area contributed by atoms with Gasteiger partial charge >= 0.3 is 0 Å². The molecule has 3 nitrogen and oxygen atoms in total. The second-order valence-corrected chi connectivity index (χ2v) is 4.87. The molecule has 1 fully saturated rings. The first kappa shape index (κ1) is 12.4. The van der Waals surface area contributed by atoms with Crippen LogP contribution in [0.3, 0.4) is 0 Å². The number of aromatic hydroxyl groups is 1. The Morgan fingerprint density at radius 3 is 2.24 bits per heavy atom. The van der Waals surface area contributed by atoms with Gasteiger partial charge in [0.15, 0.2) is 0 Å². The molecule has 2 atom stereocenters. The maximum Gasteiger partial charge on any atom is 0.115 e. The zero-order chi connectivity index (χ0) is 12.3. The van der Waals surface area contributed by atoms with Gasteiger partial charge in [-0.1, -0.05) is 18.6 Å². The predicted octanol–water partition coefficient (Wildman–Crippen LogP) is 2.30. The van der Waals surface area contributed by atoms with E-state index in [4.69, 9.17) is 0 Å². The maximum absolute atomic E-state index is 10.3. The minimum atomic E-state index is -0.478. The topological polar surface area (TPSA) is 43.7 Å². The smallest absolute Gasteiger partial charge is 0.115 e. The van der Waals surface area contributed by atoms with E-state index >= 15 is 0 Å². The van der Waals surface area contributed by atoms with Crippen LogP contribution in [0.5, 0.6) is 5.75 Å². The monoisotopic (exact) mass is 235 g/mol. The van der Waals surface area contributed by atoms with E-state index in [0.29, 0.717) is 0 Å². The van der Waals surface area contributed by atoms with Crippen LogP contribution in [-0.2, 0) is 0 Å². The van der Waals surface area contributed by atoms with Gasteiger partial charge in [0.25, 0.3) is 0 Å². The molecule has 94 valence electrons. The van der Waals surface area contributed by atoms with E-state index in [1.807, 2.05) is 0 Å². The van der Waals surface area contributed by atoms with Crippen LogP contribution >= 0.6 is 0 Å². The first-order valence-corrected chi connectivity index (χ1v) is 6.39. The van der Waals surface area contributed by atoms with Crippen LogP contribution in [0.2, 0.25) is 0 Å². The van der Waals surface area contributed by atoms with Crippen molar-refractivity contribution < 1.29 is 10.2 Å². The summed E-state index contributed by atoms with van der Waals surface area (Å²) in [5.41, 5.74) is 0.876. The van der Waals surface area contributed by atoms with Crippen LogP contribution in [0.1, 0.15) is 37.9 Å². The van der Waals surface area contributed by atoms with Gasteiger partial charge in [0.1, 0.15) is 5.75 Å². The van der Waals surface area contributed by atoms with Crippen molar-refractivity contribution in [3.8, 4) is 5.75 Å². The molecule has 17 heavy (non-hydrogen) atoms. The average Bonchev–Trinajstić information content (AvgIpc) is 2.39. The van der Waals surface area contributed by atoms with Crippen molar-refractivity contribution in [2.45, 2.75) is 38.3 Å². The van der Waals surface area contributed by atoms with E-state index in [0.717, 1.165) is 18.7 Å². The van der Waals surface area contributed by atoms with Crippen molar-refractivity contribution in [1.29, 1.82) is 0 Å². The average molecular weight is 235 g/mol. The summed E-state index contributed by atoms with van der Waals surface area (Å²) < 4.78 is 0. The molecule has 0 unspecified atom stereocenters. The number of nitrogens with zero attached hydrogens (tertiary/aromatic N) is 1. The van der Waals surface area contributed by atoms with Gasteiger partial charge < -0.3 is 10.2 Å². The van der Waals surface area contributed by atoms with Crippen molar-refractivity contribution in [2.24, 2.45) is 0 Å². The number of benzene rings is 1. The highest BCUT2D eigenvalue weighted by atomic mass is 16.3. The minimum absolute atomic E-state index is 0.139. The van der Waals surface area contributed by atoms with E-state index < -0.39 is 6.10 Å². The molecule has 1 aromatic rings. The first-order valence-electron chi connectivity index (χ1n) is 6.39. The normalized spacial score (nSPS) is 21.1. The van der Waals surface area contributed by atoms with Gasteiger partial charge in [0.05, 0.1) is 6.10 Å². The Bertz CT molecular complexity index is 344. The Morgan fingerprint density at radius 1 is 1.06 bits per heavy atom. The first-order chi connectivity index (χ1) is 8.18. The molecular formula is C14H21NO2. The van der Waals surface area contributed by atoms with Gasteiger partial charge in [-0.25, -0.2) is 0 Å². The number of aliphatic hydroxyl groups excluding tert-OH is 1. The van der Waals surface area contributed by atoms with E-state index in [-0.39, 0.29) is 11.8 Å². The lowest BCUT2D eigenvalue weighted by Gasteiger charge is -2.35. The highest BCUT2D eigenvalue weighted by Crippen LogP contribution is 2.24. The minimum Gasteiger partial charge on any atom is -0.508 e. The van der Waals surface area contributed by atoms with Crippen molar-refractivity contribution >= 4 is 0 Å². The molecule has 2 rings (SSSR count). The van der Waals surface area contributed by atoms with Crippen LogP contribution in [0.4, 0.5) is 0 Å². The standard InChI is InChI=1S/C14H21NO2/c1-11(15-9-3-2-4-10-15)14(17)12-5-7-13(16)8-6-12/h5-8,11,14,16-17H,2-4,9-10H2,1H3/t11-,14-/m0/s1. The number of rotatable bonds is 3. The summed E-state index contributed by atoms with van der Waals surface area (Å²) in [4.78, 5) is 2.35. The van der Waals surface area contributed by atoms with Crippen molar-refractivity contribution in [2.75, 3.05) is 13.1 Å². The fourth-order valence-corrected chi connectivity index (χ4v) is 2.48. The fraction of sp³-hybridized carbons (Fsp3) is 0.571. The molecule has 1 aliphatic heterocycles. The third kappa shape index (κ3) is 2.99. The zero-order valence-electron chi connectivity index (χ0n) is 10.3. The Morgan fingerprint density at radius 2 is 1.65 bits per heavy atom. The summed E-state index contributed by atoms with van der Waals surface area (Å²) >= 11 is 0. The van der Waals surface area contributed by atoms with Gasteiger partial charge in [0, 0.05) is 6.04 Å². The molecule has 3 heteroatoms. The van der Waals surface area contributed by atoms with E-state index in [1.165, 1.54) is 19.3 Å². The lowest BCUT2D eigenvalue weighted by atomic mass is 10.00. The third-order valence-electron chi connectivity index (χ3n) is 3.66. The van der Waals surface area contributed by atoms with Crippen molar-refractivity contribution in [1.82, 2.24) is 4.90 Å². The van der Waals surface area contributed by atoms with Crippen molar-refractivity contribution in [3.05, 3.63) is 29.8 Å². The number of piperidine rings is 1. The van der Waals surface area contributed by atoms with Gasteiger partial charge in [-0.3, -0.25) is 4.90 Å². The quantitative estimate of drug-likeness (QED) is 0.845. The maximum atomic E-state index is 10.3. The molecule has 1 saturated heterocycles. The molecule has 0 spiro atoms. The molecule has 0 saturated carbocycles. The molecule has 0 aromatic heterocycles. The summed E-state index contributed by atoms with van der Waals surface area (Å²) in [6.45, 7) is 4.23. The third-order valence-corrected chi connectivity index (χ3v) is 3.66. The zero-order valence-corrected chi connectivity index (χ0v) is 10.3. The van der Waals surface area contributed by atoms with E-state index in [9.17, 15) is 10.2 Å². The molecule has 1 aromatic carbocycles. The summed E-state index contributed by atoms with van der Waals surface area (Å²) in [5, 5.41) is 19.5. The Labute approximate surface area is 103 Å². The molecule has 0 bridgehead atoms. The summed E-state index contributed by atoms with van der Waals surface area (Å²) in [6.07, 6.45) is 3.28. The number of aliphatic hydroxyl groups is 1.